The van der Waals surface area contributed by atoms with Crippen LogP contribution in [0.1, 0.15) is 32.1 Å². The summed E-state index contributed by atoms with van der Waals surface area (Å²) in [4.78, 5) is 3.93. The highest BCUT2D eigenvalue weighted by Gasteiger charge is 2.28. The number of rotatable bonds is 7. The molecule has 1 fully saturated rings. The van der Waals surface area contributed by atoms with Gasteiger partial charge >= 0.3 is 0 Å². The number of benzene rings is 3. The summed E-state index contributed by atoms with van der Waals surface area (Å²) in [5, 5.41) is 0. The van der Waals surface area contributed by atoms with Gasteiger partial charge in [0.2, 0.25) is 0 Å². The first-order valence-corrected chi connectivity index (χ1v) is 11.3. The lowest BCUT2D eigenvalue weighted by Gasteiger charge is -2.21. The van der Waals surface area contributed by atoms with E-state index in [4.69, 9.17) is 9.47 Å². The Hall–Kier alpha value is -2.23. The molecule has 1 aliphatic carbocycles. The zero-order valence-corrected chi connectivity index (χ0v) is 16.9. The summed E-state index contributed by atoms with van der Waals surface area (Å²) in [5.41, 5.74) is 0. The van der Waals surface area contributed by atoms with Crippen LogP contribution in [0.25, 0.3) is 0 Å². The Morgan fingerprint density at radius 2 is 1.18 bits per heavy atom. The van der Waals surface area contributed by atoms with Crippen LogP contribution in [0.2, 0.25) is 0 Å². The van der Waals surface area contributed by atoms with Gasteiger partial charge in [-0.3, -0.25) is 0 Å². The van der Waals surface area contributed by atoms with Crippen molar-refractivity contribution < 1.29 is 9.47 Å². The minimum Gasteiger partial charge on any atom is -0.468 e. The molecule has 2 nitrogen and oxygen atoms in total. The minimum atomic E-state index is -0.119. The van der Waals surface area contributed by atoms with Crippen molar-refractivity contribution in [2.75, 3.05) is 6.79 Å². The van der Waals surface area contributed by atoms with Gasteiger partial charge in [0.15, 0.2) is 21.5 Å². The van der Waals surface area contributed by atoms with E-state index < -0.39 is 0 Å². The van der Waals surface area contributed by atoms with Gasteiger partial charge < -0.3 is 9.47 Å². The molecule has 4 rings (SSSR count). The summed E-state index contributed by atoms with van der Waals surface area (Å²) in [7, 11) is -0.119. The highest BCUT2D eigenvalue weighted by atomic mass is 32.2. The molecule has 0 saturated heterocycles. The SMILES string of the molecule is c1ccc([S+](c2ccccc2)c2ccc(OCOC3CCCCC3)cc2)cc1. The molecule has 1 aliphatic rings. The average molecular weight is 392 g/mol. The molecule has 0 atom stereocenters. The van der Waals surface area contributed by atoms with E-state index in [1.807, 2.05) is 0 Å². The molecule has 3 aromatic rings. The largest absolute Gasteiger partial charge is 0.468 e. The molecule has 0 spiro atoms. The fraction of sp³-hybridized carbons (Fsp3) is 0.280. The topological polar surface area (TPSA) is 18.5 Å². The van der Waals surface area contributed by atoms with Gasteiger partial charge in [0.25, 0.3) is 0 Å². The van der Waals surface area contributed by atoms with E-state index in [0.717, 1.165) is 5.75 Å². The Morgan fingerprint density at radius 1 is 0.643 bits per heavy atom. The molecule has 1 saturated carbocycles. The van der Waals surface area contributed by atoms with Crippen LogP contribution in [0.4, 0.5) is 0 Å². The van der Waals surface area contributed by atoms with E-state index >= 15 is 0 Å². The standard InChI is InChI=1S/C25H27O2S/c1-4-10-21(11-5-1)26-20-27-22-16-18-25(19-17-22)28(23-12-6-2-7-13-23)24-14-8-3-9-15-24/h2-3,6-9,12-19,21H,1,4-5,10-11,20H2/q+1. The molecule has 0 aliphatic heterocycles. The molecule has 0 unspecified atom stereocenters. The summed E-state index contributed by atoms with van der Waals surface area (Å²) < 4.78 is 11.7. The lowest BCUT2D eigenvalue weighted by Crippen LogP contribution is -2.19. The van der Waals surface area contributed by atoms with E-state index in [1.165, 1.54) is 46.8 Å². The molecule has 0 aromatic heterocycles. The summed E-state index contributed by atoms with van der Waals surface area (Å²) in [6.45, 7) is 0.340. The first-order valence-electron chi connectivity index (χ1n) is 10.1. The zero-order chi connectivity index (χ0) is 19.0. The monoisotopic (exact) mass is 391 g/mol. The first-order chi connectivity index (χ1) is 13.9. The average Bonchev–Trinajstić information content (AvgIpc) is 2.77. The third kappa shape index (κ3) is 4.98. The van der Waals surface area contributed by atoms with Crippen molar-refractivity contribution in [3.63, 3.8) is 0 Å². The van der Waals surface area contributed by atoms with E-state index in [-0.39, 0.29) is 10.9 Å². The fourth-order valence-corrected chi connectivity index (χ4v) is 5.71. The summed E-state index contributed by atoms with van der Waals surface area (Å²) in [6.07, 6.45) is 6.60. The van der Waals surface area contributed by atoms with Crippen molar-refractivity contribution in [2.45, 2.75) is 52.9 Å². The quantitative estimate of drug-likeness (QED) is 0.339. The highest BCUT2D eigenvalue weighted by Crippen LogP contribution is 2.32. The van der Waals surface area contributed by atoms with Crippen LogP contribution in [0.5, 0.6) is 5.75 Å². The third-order valence-corrected chi connectivity index (χ3v) is 7.33. The van der Waals surface area contributed by atoms with Crippen LogP contribution in [0.3, 0.4) is 0 Å². The number of hydrogen-bond donors (Lipinski definition) is 0. The van der Waals surface area contributed by atoms with E-state index in [2.05, 4.69) is 84.9 Å². The maximum Gasteiger partial charge on any atom is 0.189 e. The molecule has 0 N–H and O–H groups in total. The second kappa shape index (κ2) is 9.81. The van der Waals surface area contributed by atoms with Crippen LogP contribution in [-0.4, -0.2) is 12.9 Å². The van der Waals surface area contributed by atoms with Gasteiger partial charge in [-0.2, -0.15) is 0 Å². The Kier molecular flexibility index (Phi) is 6.69. The summed E-state index contributed by atoms with van der Waals surface area (Å²) in [6, 6.07) is 29.9. The normalized spacial score (nSPS) is 14.9. The molecule has 144 valence electrons. The van der Waals surface area contributed by atoms with Gasteiger partial charge in [-0.25, -0.2) is 0 Å². The van der Waals surface area contributed by atoms with Crippen molar-refractivity contribution in [1.29, 1.82) is 0 Å². The van der Waals surface area contributed by atoms with Crippen molar-refractivity contribution in [2.24, 2.45) is 0 Å². The lowest BCUT2D eigenvalue weighted by atomic mass is 9.98. The Labute approximate surface area is 170 Å². The molecule has 28 heavy (non-hydrogen) atoms. The van der Waals surface area contributed by atoms with Crippen LogP contribution in [0.15, 0.2) is 99.6 Å². The van der Waals surface area contributed by atoms with Gasteiger partial charge in [-0.05, 0) is 61.4 Å². The second-order valence-electron chi connectivity index (χ2n) is 7.09. The van der Waals surface area contributed by atoms with Crippen LogP contribution in [0, 0.1) is 0 Å². The predicted octanol–water partition coefficient (Wildman–Crippen LogP) is 6.47. The van der Waals surface area contributed by atoms with Crippen molar-refractivity contribution in [3.8, 4) is 5.75 Å². The number of hydrogen-bond acceptors (Lipinski definition) is 2. The van der Waals surface area contributed by atoms with Crippen molar-refractivity contribution >= 4 is 10.9 Å². The van der Waals surface area contributed by atoms with Gasteiger partial charge in [0.05, 0.1) is 17.0 Å². The summed E-state index contributed by atoms with van der Waals surface area (Å²) in [5.74, 6) is 0.865. The zero-order valence-electron chi connectivity index (χ0n) is 16.1. The van der Waals surface area contributed by atoms with E-state index in [1.54, 1.807) is 0 Å². The van der Waals surface area contributed by atoms with Crippen LogP contribution < -0.4 is 4.74 Å². The second-order valence-corrected chi connectivity index (χ2v) is 9.12. The molecule has 0 heterocycles. The Morgan fingerprint density at radius 3 is 1.75 bits per heavy atom. The molecule has 3 heteroatoms. The Balaban J connectivity index is 1.45. The van der Waals surface area contributed by atoms with Crippen molar-refractivity contribution in [1.82, 2.24) is 0 Å². The Bertz CT molecular complexity index is 788. The first kappa shape index (κ1) is 19.1. The predicted molar refractivity (Wildman–Crippen MR) is 115 cm³/mol. The number of ether oxygens (including phenoxy) is 2. The van der Waals surface area contributed by atoms with Gasteiger partial charge in [0, 0.05) is 0 Å². The molecule has 0 radical (unpaired) electrons. The van der Waals surface area contributed by atoms with E-state index in [9.17, 15) is 0 Å². The van der Waals surface area contributed by atoms with Crippen molar-refractivity contribution in [3.05, 3.63) is 84.9 Å². The maximum atomic E-state index is 5.88. The van der Waals surface area contributed by atoms with E-state index in [0.29, 0.717) is 12.9 Å². The molecular formula is C25H27O2S+. The fourth-order valence-electron chi connectivity index (χ4n) is 3.62. The molecular weight excluding hydrogens is 364 g/mol. The van der Waals surface area contributed by atoms with Gasteiger partial charge in [-0.1, -0.05) is 55.7 Å². The smallest absolute Gasteiger partial charge is 0.189 e. The maximum absolute atomic E-state index is 5.88. The molecule has 0 amide bonds. The third-order valence-electron chi connectivity index (χ3n) is 5.10. The minimum absolute atomic E-state index is 0.119. The molecule has 3 aromatic carbocycles. The van der Waals surface area contributed by atoms with Crippen LogP contribution >= 0.6 is 0 Å². The summed E-state index contributed by atoms with van der Waals surface area (Å²) >= 11 is 0. The lowest BCUT2D eigenvalue weighted by molar-refractivity contribution is -0.0497. The molecule has 0 bridgehead atoms. The van der Waals surface area contributed by atoms with Gasteiger partial charge in [-0.15, -0.1) is 0 Å². The van der Waals surface area contributed by atoms with Gasteiger partial charge in [0.1, 0.15) is 5.75 Å². The highest BCUT2D eigenvalue weighted by molar-refractivity contribution is 7.97. The van der Waals surface area contributed by atoms with Crippen LogP contribution in [-0.2, 0) is 15.6 Å².